The van der Waals surface area contributed by atoms with Crippen LogP contribution in [0.25, 0.3) is 0 Å². The van der Waals surface area contributed by atoms with Crippen LogP contribution in [-0.4, -0.2) is 46.9 Å². The summed E-state index contributed by atoms with van der Waals surface area (Å²) < 4.78 is 16.4. The maximum Gasteiger partial charge on any atom is 0.274 e. The van der Waals surface area contributed by atoms with Crippen molar-refractivity contribution in [3.63, 3.8) is 0 Å². The fourth-order valence-corrected chi connectivity index (χ4v) is 2.49. The molecule has 1 N–H and O–H groups in total. The first-order valence-corrected chi connectivity index (χ1v) is 6.66. The van der Waals surface area contributed by atoms with Crippen LogP contribution in [0.15, 0.2) is 22.7 Å². The second kappa shape index (κ2) is 5.51. The fraction of sp³-hybridized carbons (Fsp3) is 0.545. The van der Waals surface area contributed by atoms with Gasteiger partial charge in [-0.3, -0.25) is 10.1 Å². The van der Waals surface area contributed by atoms with Crippen molar-refractivity contribution in [3.05, 3.63) is 39.4 Å². The van der Waals surface area contributed by atoms with E-state index >= 15 is 0 Å². The van der Waals surface area contributed by atoms with Crippen molar-refractivity contribution >= 4 is 11.6 Å². The Morgan fingerprint density at radius 3 is 2.95 bits per heavy atom. The van der Waals surface area contributed by atoms with Crippen LogP contribution < -0.4 is 5.32 Å². The molecule has 3 heterocycles. The normalized spacial score (nSPS) is 22.7. The topological polar surface area (TPSA) is 103 Å². The number of ether oxygens (including phenoxy) is 2. The first-order chi connectivity index (χ1) is 10.1. The van der Waals surface area contributed by atoms with Gasteiger partial charge in [0.15, 0.2) is 11.0 Å². The van der Waals surface area contributed by atoms with Gasteiger partial charge in [-0.2, -0.15) is 0 Å². The minimum atomic E-state index is -0.801. The van der Waals surface area contributed by atoms with Crippen molar-refractivity contribution in [3.8, 4) is 0 Å². The average Bonchev–Trinajstić information content (AvgIpc) is 3.03. The molecule has 0 aliphatic carbocycles. The van der Waals surface area contributed by atoms with Crippen LogP contribution in [0, 0.1) is 10.1 Å². The van der Waals surface area contributed by atoms with Crippen LogP contribution in [0.1, 0.15) is 5.89 Å². The second-order valence-corrected chi connectivity index (χ2v) is 5.07. The third-order valence-electron chi connectivity index (χ3n) is 3.20. The molecule has 0 bridgehead atoms. The van der Waals surface area contributed by atoms with Gasteiger partial charge in [-0.25, -0.2) is 4.98 Å². The second-order valence-electron chi connectivity index (χ2n) is 4.68. The molecule has 1 aromatic heterocycles. The molecule has 1 spiro atoms. The van der Waals surface area contributed by atoms with Crippen LogP contribution in [0.3, 0.4) is 0 Å². The molecule has 10 heteroatoms. The van der Waals surface area contributed by atoms with Crippen molar-refractivity contribution < 1.29 is 18.8 Å². The number of nitrogens with one attached hydrogen (secondary N) is 1. The maximum absolute atomic E-state index is 10.7. The van der Waals surface area contributed by atoms with E-state index in [1.165, 1.54) is 6.26 Å². The maximum atomic E-state index is 10.7. The molecule has 1 aromatic rings. The number of rotatable bonds is 3. The van der Waals surface area contributed by atoms with Gasteiger partial charge in [0.25, 0.3) is 6.20 Å². The Labute approximate surface area is 124 Å². The Kier molecular flexibility index (Phi) is 3.70. The molecule has 9 nitrogen and oxygen atoms in total. The highest BCUT2D eigenvalue weighted by atomic mass is 35.5. The predicted octanol–water partition coefficient (Wildman–Crippen LogP) is 0.552. The van der Waals surface area contributed by atoms with Gasteiger partial charge in [-0.1, -0.05) is 11.6 Å². The van der Waals surface area contributed by atoms with Gasteiger partial charge in [-0.05, 0) is 0 Å². The quantitative estimate of drug-likeness (QED) is 0.637. The molecule has 2 aliphatic heterocycles. The third kappa shape index (κ3) is 3.09. The smallest absolute Gasteiger partial charge is 0.274 e. The zero-order valence-electron chi connectivity index (χ0n) is 11.0. The van der Waals surface area contributed by atoms with E-state index in [1.807, 2.05) is 0 Å². The molecule has 2 saturated heterocycles. The summed E-state index contributed by atoms with van der Waals surface area (Å²) in [6.45, 7) is 1.88. The van der Waals surface area contributed by atoms with Gasteiger partial charge in [0.2, 0.25) is 11.7 Å². The van der Waals surface area contributed by atoms with Crippen LogP contribution >= 0.6 is 11.6 Å². The molecule has 21 heavy (non-hydrogen) atoms. The van der Waals surface area contributed by atoms with Gasteiger partial charge in [0.1, 0.15) is 6.26 Å². The highest BCUT2D eigenvalue weighted by molar-refractivity contribution is 6.29. The van der Waals surface area contributed by atoms with E-state index in [2.05, 4.69) is 10.3 Å². The number of hydrogen-bond donors (Lipinski definition) is 1. The Bertz CT molecular complexity index is 569. The summed E-state index contributed by atoms with van der Waals surface area (Å²) in [7, 11) is 0. The van der Waals surface area contributed by atoms with Crippen LogP contribution in [0.4, 0.5) is 0 Å². The first-order valence-electron chi connectivity index (χ1n) is 6.28. The van der Waals surface area contributed by atoms with Gasteiger partial charge < -0.3 is 24.1 Å². The molecule has 0 atom stereocenters. The van der Waals surface area contributed by atoms with E-state index in [4.69, 9.17) is 25.5 Å². The number of hydrogen-bond acceptors (Lipinski definition) is 8. The molecule has 114 valence electrons. The van der Waals surface area contributed by atoms with Crippen LogP contribution in [0.2, 0.25) is 5.15 Å². The molecule has 0 saturated carbocycles. The average molecular weight is 317 g/mol. The highest BCUT2D eigenvalue weighted by Crippen LogP contribution is 2.27. The van der Waals surface area contributed by atoms with Crippen molar-refractivity contribution in [1.29, 1.82) is 0 Å². The Balaban J connectivity index is 1.80. The van der Waals surface area contributed by atoms with E-state index < -0.39 is 10.7 Å². The van der Waals surface area contributed by atoms with Gasteiger partial charge in [0.05, 0.1) is 37.8 Å². The number of oxazole rings is 1. The highest BCUT2D eigenvalue weighted by Gasteiger charge is 2.43. The van der Waals surface area contributed by atoms with Crippen molar-refractivity contribution in [2.24, 2.45) is 0 Å². The molecule has 0 amide bonds. The summed E-state index contributed by atoms with van der Waals surface area (Å²) in [6, 6.07) is 0. The molecule has 3 rings (SSSR count). The Hall–Kier alpha value is -1.84. The lowest BCUT2D eigenvalue weighted by atomic mass is 10.2. The summed E-state index contributed by atoms with van der Waals surface area (Å²) in [5, 5.41) is 13.9. The van der Waals surface area contributed by atoms with Crippen molar-refractivity contribution in [2.45, 2.75) is 12.3 Å². The monoisotopic (exact) mass is 316 g/mol. The first kappa shape index (κ1) is 14.1. The Morgan fingerprint density at radius 1 is 1.57 bits per heavy atom. The lowest BCUT2D eigenvalue weighted by Gasteiger charge is -2.40. The van der Waals surface area contributed by atoms with E-state index in [0.29, 0.717) is 38.0 Å². The summed E-state index contributed by atoms with van der Waals surface area (Å²) in [5.74, 6) is -0.102. The standard InChI is InChI=1S/C11H13ClN4O5/c12-8-5-19-10(14-8)4-15-7-11(20-1-2-21-11)6-13-9(15)3-16(17)18/h3,5,13H,1-2,4,6-7H2/b9-3+. The zero-order valence-corrected chi connectivity index (χ0v) is 11.7. The lowest BCUT2D eigenvalue weighted by molar-refractivity contribution is -0.405. The van der Waals surface area contributed by atoms with Crippen LogP contribution in [-0.2, 0) is 16.0 Å². The molecule has 2 aliphatic rings. The van der Waals surface area contributed by atoms with Gasteiger partial charge in [0, 0.05) is 0 Å². The predicted molar refractivity (Wildman–Crippen MR) is 69.6 cm³/mol. The summed E-state index contributed by atoms with van der Waals surface area (Å²) in [6.07, 6.45) is 2.20. The number of aromatic nitrogens is 1. The largest absolute Gasteiger partial charge is 0.445 e. The zero-order chi connectivity index (χ0) is 14.9. The molecular weight excluding hydrogens is 304 g/mol. The summed E-state index contributed by atoms with van der Waals surface area (Å²) in [4.78, 5) is 15.9. The molecule has 0 unspecified atom stereocenters. The molecular formula is C11H13ClN4O5. The van der Waals surface area contributed by atoms with E-state index in [9.17, 15) is 10.1 Å². The third-order valence-corrected chi connectivity index (χ3v) is 3.38. The molecule has 2 fully saturated rings. The molecule has 0 radical (unpaired) electrons. The number of nitrogens with zero attached hydrogens (tertiary/aromatic N) is 3. The van der Waals surface area contributed by atoms with Gasteiger partial charge in [-0.15, -0.1) is 0 Å². The Morgan fingerprint density at radius 2 is 2.33 bits per heavy atom. The lowest BCUT2D eigenvalue weighted by Crippen LogP contribution is -2.57. The van der Waals surface area contributed by atoms with E-state index in [1.54, 1.807) is 4.90 Å². The molecule has 0 aromatic carbocycles. The van der Waals surface area contributed by atoms with E-state index in [-0.39, 0.29) is 11.7 Å². The van der Waals surface area contributed by atoms with Crippen molar-refractivity contribution in [1.82, 2.24) is 15.2 Å². The van der Waals surface area contributed by atoms with E-state index in [0.717, 1.165) is 6.20 Å². The summed E-state index contributed by atoms with van der Waals surface area (Å²) >= 11 is 5.71. The number of nitro groups is 1. The minimum absolute atomic E-state index is 0.216. The number of halogens is 1. The van der Waals surface area contributed by atoms with Gasteiger partial charge >= 0.3 is 0 Å². The van der Waals surface area contributed by atoms with Crippen LogP contribution in [0.5, 0.6) is 0 Å². The minimum Gasteiger partial charge on any atom is -0.445 e. The fourth-order valence-electron chi connectivity index (χ4n) is 2.35. The van der Waals surface area contributed by atoms with Crippen molar-refractivity contribution in [2.75, 3.05) is 26.3 Å². The SMILES string of the molecule is O=[N+]([O-])/C=C1\NCC2(CN1Cc1nc(Cl)co1)OCCO2. The summed E-state index contributed by atoms with van der Waals surface area (Å²) in [5.41, 5.74) is 0.